The molecule has 110 valence electrons. The Bertz CT molecular complexity index is 692. The summed E-state index contributed by atoms with van der Waals surface area (Å²) >= 11 is 0. The molecule has 0 bridgehead atoms. The molecule has 3 rings (SSSR count). The molecular formula is C16H18N2O3. The first-order valence-electron chi connectivity index (χ1n) is 7.14. The molecule has 2 unspecified atom stereocenters. The topological polar surface area (TPSA) is 62.5 Å². The summed E-state index contributed by atoms with van der Waals surface area (Å²) in [6.07, 6.45) is 2.44. The number of amides is 1. The summed E-state index contributed by atoms with van der Waals surface area (Å²) in [5, 5.41) is 10.2. The highest BCUT2D eigenvalue weighted by molar-refractivity contribution is 5.84. The van der Waals surface area contributed by atoms with Crippen molar-refractivity contribution in [3.63, 3.8) is 0 Å². The van der Waals surface area contributed by atoms with Gasteiger partial charge < -0.3 is 14.6 Å². The zero-order valence-electron chi connectivity index (χ0n) is 11.9. The fraction of sp³-hybridized carbons (Fsp3) is 0.375. The molecular weight excluding hydrogens is 268 g/mol. The SMILES string of the molecule is CC1C(C(=O)O)CCN1C(=O)Cn1ccc2ccccc21. The number of likely N-dealkylation sites (tertiary alicyclic amines) is 1. The van der Waals surface area contributed by atoms with Crippen LogP contribution >= 0.6 is 0 Å². The number of para-hydroxylation sites is 1. The van der Waals surface area contributed by atoms with E-state index in [1.54, 1.807) is 4.90 Å². The number of carboxylic acid groups (broad SMARTS) is 1. The number of fused-ring (bicyclic) bond motifs is 1. The van der Waals surface area contributed by atoms with Gasteiger partial charge in [-0.15, -0.1) is 0 Å². The first-order chi connectivity index (χ1) is 10.1. The minimum atomic E-state index is -0.816. The number of hydrogen-bond donors (Lipinski definition) is 1. The van der Waals surface area contributed by atoms with Crippen LogP contribution in [0.15, 0.2) is 36.5 Å². The molecule has 1 aliphatic heterocycles. The van der Waals surface area contributed by atoms with Gasteiger partial charge in [0.1, 0.15) is 6.54 Å². The zero-order chi connectivity index (χ0) is 15.0. The molecule has 1 aromatic heterocycles. The Morgan fingerprint density at radius 1 is 1.29 bits per heavy atom. The molecule has 2 heterocycles. The number of hydrogen-bond acceptors (Lipinski definition) is 2. The van der Waals surface area contributed by atoms with E-state index in [1.807, 2.05) is 48.0 Å². The van der Waals surface area contributed by atoms with Gasteiger partial charge in [-0.05, 0) is 30.9 Å². The molecule has 1 N–H and O–H groups in total. The van der Waals surface area contributed by atoms with E-state index in [-0.39, 0.29) is 18.5 Å². The van der Waals surface area contributed by atoms with Crippen LogP contribution in [0.2, 0.25) is 0 Å². The van der Waals surface area contributed by atoms with Crippen LogP contribution in [0.1, 0.15) is 13.3 Å². The summed E-state index contributed by atoms with van der Waals surface area (Å²) in [7, 11) is 0. The number of benzene rings is 1. The number of nitrogens with zero attached hydrogens (tertiary/aromatic N) is 2. The summed E-state index contributed by atoms with van der Waals surface area (Å²) in [6, 6.07) is 9.65. The van der Waals surface area contributed by atoms with Gasteiger partial charge in [0.25, 0.3) is 0 Å². The third-order valence-corrected chi connectivity index (χ3v) is 4.38. The first kappa shape index (κ1) is 13.7. The van der Waals surface area contributed by atoms with Crippen molar-refractivity contribution in [1.82, 2.24) is 9.47 Å². The Labute approximate surface area is 122 Å². The van der Waals surface area contributed by atoms with Crippen LogP contribution in [0.5, 0.6) is 0 Å². The third-order valence-electron chi connectivity index (χ3n) is 4.38. The molecule has 2 aromatic rings. The Morgan fingerprint density at radius 2 is 2.05 bits per heavy atom. The lowest BCUT2D eigenvalue weighted by Gasteiger charge is -2.23. The van der Waals surface area contributed by atoms with E-state index in [4.69, 9.17) is 5.11 Å². The monoisotopic (exact) mass is 286 g/mol. The Balaban J connectivity index is 1.76. The number of carbonyl (C=O) groups excluding carboxylic acids is 1. The first-order valence-corrected chi connectivity index (χ1v) is 7.14. The molecule has 1 fully saturated rings. The molecule has 1 aliphatic rings. The number of carbonyl (C=O) groups is 2. The fourth-order valence-electron chi connectivity index (χ4n) is 3.14. The van der Waals surface area contributed by atoms with Gasteiger partial charge in [0, 0.05) is 24.3 Å². The van der Waals surface area contributed by atoms with E-state index < -0.39 is 11.9 Å². The van der Waals surface area contributed by atoms with Crippen molar-refractivity contribution in [1.29, 1.82) is 0 Å². The maximum absolute atomic E-state index is 12.4. The highest BCUT2D eigenvalue weighted by atomic mass is 16.4. The summed E-state index contributed by atoms with van der Waals surface area (Å²) in [5.41, 5.74) is 1.02. The van der Waals surface area contributed by atoms with Gasteiger partial charge in [0.05, 0.1) is 5.92 Å². The van der Waals surface area contributed by atoms with E-state index in [9.17, 15) is 9.59 Å². The second-order valence-electron chi connectivity index (χ2n) is 5.56. The fourth-order valence-corrected chi connectivity index (χ4v) is 3.14. The quantitative estimate of drug-likeness (QED) is 0.938. The highest BCUT2D eigenvalue weighted by Gasteiger charge is 2.37. The van der Waals surface area contributed by atoms with Crippen LogP contribution in [0.25, 0.3) is 10.9 Å². The van der Waals surface area contributed by atoms with Gasteiger partial charge in [0.15, 0.2) is 0 Å². The lowest BCUT2D eigenvalue weighted by Crippen LogP contribution is -2.39. The molecule has 0 radical (unpaired) electrons. The summed E-state index contributed by atoms with van der Waals surface area (Å²) < 4.78 is 1.92. The van der Waals surface area contributed by atoms with Gasteiger partial charge >= 0.3 is 5.97 Å². The summed E-state index contributed by atoms with van der Waals surface area (Å²) in [4.78, 5) is 25.3. The largest absolute Gasteiger partial charge is 0.481 e. The molecule has 5 heteroatoms. The number of aliphatic carboxylic acids is 1. The van der Waals surface area contributed by atoms with Crippen molar-refractivity contribution in [2.45, 2.75) is 25.9 Å². The summed E-state index contributed by atoms with van der Waals surface area (Å²) in [5.74, 6) is -1.29. The predicted molar refractivity (Wildman–Crippen MR) is 78.9 cm³/mol. The average Bonchev–Trinajstić information content (AvgIpc) is 3.03. The second kappa shape index (κ2) is 5.24. The molecule has 21 heavy (non-hydrogen) atoms. The van der Waals surface area contributed by atoms with Gasteiger partial charge in [-0.1, -0.05) is 18.2 Å². The van der Waals surface area contributed by atoms with Crippen molar-refractivity contribution >= 4 is 22.8 Å². The average molecular weight is 286 g/mol. The molecule has 1 aromatic carbocycles. The van der Waals surface area contributed by atoms with Crippen LogP contribution in [0.3, 0.4) is 0 Å². The predicted octanol–water partition coefficient (Wildman–Crippen LogP) is 1.96. The lowest BCUT2D eigenvalue weighted by molar-refractivity contribution is -0.143. The van der Waals surface area contributed by atoms with Crippen molar-refractivity contribution in [2.75, 3.05) is 6.54 Å². The van der Waals surface area contributed by atoms with Gasteiger partial charge in [-0.2, -0.15) is 0 Å². The molecule has 0 spiro atoms. The second-order valence-corrected chi connectivity index (χ2v) is 5.56. The Morgan fingerprint density at radius 3 is 2.76 bits per heavy atom. The van der Waals surface area contributed by atoms with Crippen LogP contribution < -0.4 is 0 Å². The number of carboxylic acids is 1. The maximum atomic E-state index is 12.4. The Hall–Kier alpha value is -2.30. The van der Waals surface area contributed by atoms with E-state index in [0.717, 1.165) is 10.9 Å². The number of aromatic nitrogens is 1. The van der Waals surface area contributed by atoms with Crippen LogP contribution in [-0.2, 0) is 16.1 Å². The van der Waals surface area contributed by atoms with Gasteiger partial charge in [-0.25, -0.2) is 0 Å². The molecule has 1 amide bonds. The smallest absolute Gasteiger partial charge is 0.308 e. The molecule has 5 nitrogen and oxygen atoms in total. The van der Waals surface area contributed by atoms with Crippen LogP contribution in [0, 0.1) is 5.92 Å². The summed E-state index contributed by atoms with van der Waals surface area (Å²) in [6.45, 7) is 2.60. The van der Waals surface area contributed by atoms with E-state index in [1.165, 1.54) is 0 Å². The standard InChI is InChI=1S/C16H18N2O3/c1-11-13(16(20)21)7-9-18(11)15(19)10-17-8-6-12-4-2-3-5-14(12)17/h2-6,8,11,13H,7,9-10H2,1H3,(H,20,21). The van der Waals surface area contributed by atoms with E-state index >= 15 is 0 Å². The molecule has 0 aliphatic carbocycles. The Kier molecular flexibility index (Phi) is 3.41. The normalized spacial score (nSPS) is 21.9. The lowest BCUT2D eigenvalue weighted by atomic mass is 10.0. The van der Waals surface area contributed by atoms with Crippen LogP contribution in [0.4, 0.5) is 0 Å². The maximum Gasteiger partial charge on any atom is 0.308 e. The zero-order valence-corrected chi connectivity index (χ0v) is 11.9. The van der Waals surface area contributed by atoms with Crippen molar-refractivity contribution in [3.8, 4) is 0 Å². The van der Waals surface area contributed by atoms with Crippen molar-refractivity contribution in [2.24, 2.45) is 5.92 Å². The van der Waals surface area contributed by atoms with Gasteiger partial charge in [-0.3, -0.25) is 9.59 Å². The molecule has 0 saturated carbocycles. The molecule has 2 atom stereocenters. The van der Waals surface area contributed by atoms with E-state index in [2.05, 4.69) is 0 Å². The molecule has 1 saturated heterocycles. The van der Waals surface area contributed by atoms with Crippen LogP contribution in [-0.4, -0.2) is 39.0 Å². The van der Waals surface area contributed by atoms with Crippen molar-refractivity contribution in [3.05, 3.63) is 36.5 Å². The van der Waals surface area contributed by atoms with Crippen molar-refractivity contribution < 1.29 is 14.7 Å². The number of rotatable bonds is 3. The minimum absolute atomic E-state index is 0.0207. The third kappa shape index (κ3) is 2.39. The minimum Gasteiger partial charge on any atom is -0.481 e. The van der Waals surface area contributed by atoms with E-state index in [0.29, 0.717) is 13.0 Å². The highest BCUT2D eigenvalue weighted by Crippen LogP contribution is 2.25. The van der Waals surface area contributed by atoms with Gasteiger partial charge in [0.2, 0.25) is 5.91 Å².